The van der Waals surface area contributed by atoms with Gasteiger partial charge >= 0.3 is 0 Å². The molecular formula is C6H4F2OS. The normalized spacial score (nSPS) is 9.90. The van der Waals surface area contributed by atoms with E-state index in [1.165, 1.54) is 0 Å². The molecule has 0 atom stereocenters. The van der Waals surface area contributed by atoms with Crippen LogP contribution in [0.25, 0.3) is 0 Å². The van der Waals surface area contributed by atoms with Crippen LogP contribution in [0.1, 0.15) is 17.3 Å². The van der Waals surface area contributed by atoms with Crippen molar-refractivity contribution >= 4 is 17.1 Å². The van der Waals surface area contributed by atoms with Crippen LogP contribution in [0.2, 0.25) is 0 Å². The number of hydrogen-bond acceptors (Lipinski definition) is 2. The van der Waals surface area contributed by atoms with Gasteiger partial charge in [-0.3, -0.25) is 4.79 Å². The highest BCUT2D eigenvalue weighted by molar-refractivity contribution is 7.08. The first-order valence-corrected chi connectivity index (χ1v) is 3.44. The lowest BCUT2D eigenvalue weighted by atomic mass is 10.2. The smallest absolute Gasteiger partial charge is 0.190 e. The lowest BCUT2D eigenvalue weighted by Gasteiger charge is -1.87. The first-order chi connectivity index (χ1) is 4.63. The van der Waals surface area contributed by atoms with Gasteiger partial charge in [0.05, 0.1) is 5.56 Å². The van der Waals surface area contributed by atoms with E-state index in [1.807, 2.05) is 0 Å². The molecule has 0 aliphatic heterocycles. The molecule has 0 spiro atoms. The molecule has 0 radical (unpaired) electrons. The summed E-state index contributed by atoms with van der Waals surface area (Å²) in [7, 11) is 0. The Balaban J connectivity index is 3.23. The third-order valence-electron chi connectivity index (χ3n) is 1.05. The fourth-order valence-corrected chi connectivity index (χ4v) is 1.31. The van der Waals surface area contributed by atoms with E-state index in [0.29, 0.717) is 11.3 Å². The molecule has 0 N–H and O–H groups in total. The summed E-state index contributed by atoms with van der Waals surface area (Å²) in [5.74, 6) is -1.34. The largest absolute Gasteiger partial charge is 0.294 e. The number of Topliss-reactive ketones (excluding diaryl/α,β-unsaturated/α-hetero) is 1. The number of ketones is 1. The van der Waals surface area contributed by atoms with Gasteiger partial charge in [-0.2, -0.15) is 4.39 Å². The number of carbonyl (C=O) groups excluding carboxylic acids is 1. The summed E-state index contributed by atoms with van der Waals surface area (Å²) in [6, 6.07) is 0. The van der Waals surface area contributed by atoms with E-state index in [4.69, 9.17) is 0 Å². The molecule has 0 bridgehead atoms. The lowest BCUT2D eigenvalue weighted by Crippen LogP contribution is -1.94. The molecule has 0 amide bonds. The molecule has 0 aliphatic carbocycles. The second-order valence-electron chi connectivity index (χ2n) is 1.79. The van der Waals surface area contributed by atoms with Gasteiger partial charge in [-0.1, -0.05) is 0 Å². The van der Waals surface area contributed by atoms with Gasteiger partial charge in [0.25, 0.3) is 0 Å². The van der Waals surface area contributed by atoms with Crippen LogP contribution in [0.15, 0.2) is 5.38 Å². The van der Waals surface area contributed by atoms with Crippen molar-refractivity contribution in [3.8, 4) is 0 Å². The molecule has 0 saturated carbocycles. The lowest BCUT2D eigenvalue weighted by molar-refractivity contribution is 0.101. The Hall–Kier alpha value is -0.770. The Labute approximate surface area is 60.3 Å². The van der Waals surface area contributed by atoms with E-state index in [9.17, 15) is 13.6 Å². The third-order valence-corrected chi connectivity index (χ3v) is 1.79. The van der Waals surface area contributed by atoms with Gasteiger partial charge in [-0.05, 0) is 6.92 Å². The molecule has 1 rings (SSSR count). The molecule has 1 heterocycles. The van der Waals surface area contributed by atoms with Crippen LogP contribution in [0.5, 0.6) is 0 Å². The molecule has 0 aliphatic rings. The Morgan fingerprint density at radius 2 is 2.20 bits per heavy atom. The van der Waals surface area contributed by atoms with Crippen LogP contribution in [0.4, 0.5) is 8.78 Å². The van der Waals surface area contributed by atoms with Crippen molar-refractivity contribution in [1.82, 2.24) is 0 Å². The Morgan fingerprint density at radius 3 is 2.40 bits per heavy atom. The summed E-state index contributed by atoms with van der Waals surface area (Å²) in [6.07, 6.45) is 0. The zero-order chi connectivity index (χ0) is 7.72. The minimum Gasteiger partial charge on any atom is -0.294 e. The van der Waals surface area contributed by atoms with Crippen LogP contribution in [0, 0.1) is 10.9 Å². The topological polar surface area (TPSA) is 17.1 Å². The van der Waals surface area contributed by atoms with Crippen LogP contribution in [0.3, 0.4) is 0 Å². The van der Waals surface area contributed by atoms with Crippen LogP contribution in [-0.2, 0) is 0 Å². The molecule has 1 aromatic heterocycles. The standard InChI is InChI=1S/C6H4F2OS/c1-3(9)5-4(7)2-10-6(5)8/h2H,1H3. The van der Waals surface area contributed by atoms with Crippen molar-refractivity contribution in [3.05, 3.63) is 21.9 Å². The number of thiophene rings is 1. The predicted octanol–water partition coefficient (Wildman–Crippen LogP) is 2.23. The summed E-state index contributed by atoms with van der Waals surface area (Å²) >= 11 is 0.597. The number of rotatable bonds is 1. The zero-order valence-electron chi connectivity index (χ0n) is 5.15. The third kappa shape index (κ3) is 1.07. The van der Waals surface area contributed by atoms with Crippen molar-refractivity contribution in [2.75, 3.05) is 0 Å². The second-order valence-corrected chi connectivity index (χ2v) is 2.62. The Morgan fingerprint density at radius 1 is 1.60 bits per heavy atom. The first kappa shape index (κ1) is 7.34. The van der Waals surface area contributed by atoms with Crippen molar-refractivity contribution in [2.45, 2.75) is 6.92 Å². The maximum atomic E-state index is 12.4. The molecule has 0 unspecified atom stereocenters. The monoisotopic (exact) mass is 162 g/mol. The van der Waals surface area contributed by atoms with Crippen LogP contribution in [-0.4, -0.2) is 5.78 Å². The van der Waals surface area contributed by atoms with Crippen molar-refractivity contribution in [2.24, 2.45) is 0 Å². The van der Waals surface area contributed by atoms with E-state index in [1.54, 1.807) is 0 Å². The summed E-state index contributed by atoms with van der Waals surface area (Å²) in [6.45, 7) is 1.13. The average Bonchev–Trinajstić information content (AvgIpc) is 2.11. The predicted molar refractivity (Wildman–Crippen MR) is 34.2 cm³/mol. The highest BCUT2D eigenvalue weighted by atomic mass is 32.1. The molecule has 1 nitrogen and oxygen atoms in total. The van der Waals surface area contributed by atoms with Gasteiger partial charge in [-0.15, -0.1) is 11.3 Å². The van der Waals surface area contributed by atoms with Crippen molar-refractivity contribution in [1.29, 1.82) is 0 Å². The summed E-state index contributed by atoms with van der Waals surface area (Å²) in [5.41, 5.74) is -0.426. The molecular weight excluding hydrogens is 158 g/mol. The molecule has 0 saturated heterocycles. The fraction of sp³-hybridized carbons (Fsp3) is 0.167. The highest BCUT2D eigenvalue weighted by Gasteiger charge is 2.14. The molecule has 1 aromatic rings. The summed E-state index contributed by atoms with van der Waals surface area (Å²) < 4.78 is 24.8. The highest BCUT2D eigenvalue weighted by Crippen LogP contribution is 2.19. The van der Waals surface area contributed by atoms with Gasteiger partial charge in [0, 0.05) is 5.38 Å². The van der Waals surface area contributed by atoms with Gasteiger partial charge in [0.15, 0.2) is 10.9 Å². The number of hydrogen-bond donors (Lipinski definition) is 0. The van der Waals surface area contributed by atoms with Gasteiger partial charge < -0.3 is 0 Å². The quantitative estimate of drug-likeness (QED) is 0.579. The second kappa shape index (κ2) is 2.46. The van der Waals surface area contributed by atoms with Gasteiger partial charge in [0.1, 0.15) is 5.82 Å². The molecule has 0 fully saturated rings. The van der Waals surface area contributed by atoms with E-state index >= 15 is 0 Å². The molecule has 10 heavy (non-hydrogen) atoms. The average molecular weight is 162 g/mol. The van der Waals surface area contributed by atoms with Crippen molar-refractivity contribution < 1.29 is 13.6 Å². The minimum atomic E-state index is -0.769. The van der Waals surface area contributed by atoms with E-state index in [-0.39, 0.29) is 0 Å². The van der Waals surface area contributed by atoms with Crippen LogP contribution < -0.4 is 0 Å². The SMILES string of the molecule is CC(=O)c1c(F)csc1F. The first-order valence-electron chi connectivity index (χ1n) is 2.56. The Bertz CT molecular complexity index is 247. The maximum Gasteiger partial charge on any atom is 0.190 e. The fourth-order valence-electron chi connectivity index (χ4n) is 0.622. The minimum absolute atomic E-state index is 0.426. The van der Waals surface area contributed by atoms with Crippen molar-refractivity contribution in [3.63, 3.8) is 0 Å². The maximum absolute atomic E-state index is 12.4. The molecule has 54 valence electrons. The number of carbonyl (C=O) groups is 1. The molecule has 4 heteroatoms. The van der Waals surface area contributed by atoms with Crippen LogP contribution >= 0.6 is 11.3 Å². The van der Waals surface area contributed by atoms with E-state index in [0.717, 1.165) is 12.3 Å². The van der Waals surface area contributed by atoms with Gasteiger partial charge in [0.2, 0.25) is 0 Å². The zero-order valence-corrected chi connectivity index (χ0v) is 5.97. The summed E-state index contributed by atoms with van der Waals surface area (Å²) in [4.78, 5) is 10.5. The van der Waals surface area contributed by atoms with E-state index in [2.05, 4.69) is 0 Å². The summed E-state index contributed by atoms with van der Waals surface area (Å²) in [5, 5.41) is 0.233. The number of halogens is 2. The van der Waals surface area contributed by atoms with Gasteiger partial charge in [-0.25, -0.2) is 4.39 Å². The van der Waals surface area contributed by atoms with E-state index < -0.39 is 22.3 Å². The Kier molecular flexibility index (Phi) is 1.80. The molecule has 0 aromatic carbocycles.